The molecule has 0 radical (unpaired) electrons. The number of fused-ring (bicyclic) bond motifs is 3. The average molecular weight is 507 g/mol. The van der Waals surface area contributed by atoms with Crippen LogP contribution in [0.2, 0.25) is 10.0 Å². The Bertz CT molecular complexity index is 1200. The molecule has 33 heavy (non-hydrogen) atoms. The molecule has 0 spiro atoms. The molecular formula is C25H26Cl3N3O2. The molecule has 1 aliphatic heterocycles. The van der Waals surface area contributed by atoms with E-state index in [-0.39, 0.29) is 11.8 Å². The highest BCUT2D eigenvalue weighted by Gasteiger charge is 2.30. The molecule has 3 aromatic rings. The van der Waals surface area contributed by atoms with E-state index in [1.54, 1.807) is 29.2 Å². The Kier molecular flexibility index (Phi) is 8.46. The van der Waals surface area contributed by atoms with Crippen LogP contribution in [0.25, 0.3) is 10.9 Å². The highest BCUT2D eigenvalue weighted by molar-refractivity contribution is 6.31. The Labute approximate surface area is 208 Å². The van der Waals surface area contributed by atoms with E-state index in [2.05, 4.69) is 10.3 Å². The average Bonchev–Trinajstić information content (AvgIpc) is 3.14. The van der Waals surface area contributed by atoms with Crippen LogP contribution in [0, 0.1) is 0 Å². The topological polar surface area (TPSA) is 65.2 Å². The van der Waals surface area contributed by atoms with Crippen LogP contribution in [-0.4, -0.2) is 28.2 Å². The number of aromatic amines is 1. The lowest BCUT2D eigenvalue weighted by atomic mass is 10.0. The van der Waals surface area contributed by atoms with Crippen molar-refractivity contribution >= 4 is 57.5 Å². The molecule has 1 aliphatic rings. The summed E-state index contributed by atoms with van der Waals surface area (Å²) in [5.74, 6) is -0.420. The van der Waals surface area contributed by atoms with Crippen molar-refractivity contribution in [2.45, 2.75) is 39.8 Å². The first-order valence-electron chi connectivity index (χ1n) is 10.6. The number of nitrogens with zero attached hydrogens (tertiary/aromatic N) is 1. The van der Waals surface area contributed by atoms with Gasteiger partial charge in [-0.3, -0.25) is 9.59 Å². The third-order valence-electron chi connectivity index (χ3n) is 5.42. The third-order valence-corrected chi connectivity index (χ3v) is 6.11. The second-order valence-corrected chi connectivity index (χ2v) is 9.31. The fourth-order valence-corrected chi connectivity index (χ4v) is 4.13. The molecule has 5 nitrogen and oxygen atoms in total. The van der Waals surface area contributed by atoms with Gasteiger partial charge in [0.2, 0.25) is 11.8 Å². The van der Waals surface area contributed by atoms with Gasteiger partial charge in [-0.2, -0.15) is 0 Å². The van der Waals surface area contributed by atoms with Gasteiger partial charge in [-0.25, -0.2) is 0 Å². The third kappa shape index (κ3) is 6.32. The van der Waals surface area contributed by atoms with E-state index in [0.29, 0.717) is 28.7 Å². The van der Waals surface area contributed by atoms with Crippen molar-refractivity contribution in [2.24, 2.45) is 0 Å². The van der Waals surface area contributed by atoms with Gasteiger partial charge >= 0.3 is 0 Å². The monoisotopic (exact) mass is 505 g/mol. The van der Waals surface area contributed by atoms with Gasteiger partial charge in [-0.05, 0) is 61.7 Å². The number of rotatable bonds is 3. The van der Waals surface area contributed by atoms with Crippen molar-refractivity contribution in [3.63, 3.8) is 0 Å². The molecule has 0 aliphatic carbocycles. The minimum atomic E-state index is -0.767. The Balaban J connectivity index is 0.000000555. The van der Waals surface area contributed by atoms with Crippen LogP contribution >= 0.6 is 34.8 Å². The summed E-state index contributed by atoms with van der Waals surface area (Å²) in [6, 6.07) is 12.0. The maximum Gasteiger partial charge on any atom is 0.250 e. The Hall–Kier alpha value is -2.47. The van der Waals surface area contributed by atoms with Gasteiger partial charge in [0.25, 0.3) is 0 Å². The quantitative estimate of drug-likeness (QED) is 0.432. The molecule has 8 heteroatoms. The summed E-state index contributed by atoms with van der Waals surface area (Å²) in [4.78, 5) is 30.1. The van der Waals surface area contributed by atoms with Gasteiger partial charge in [-0.15, -0.1) is 0 Å². The number of allylic oxidation sites excluding steroid dienone is 2. The Morgan fingerprint density at radius 2 is 1.82 bits per heavy atom. The van der Waals surface area contributed by atoms with Gasteiger partial charge in [0.1, 0.15) is 6.04 Å². The van der Waals surface area contributed by atoms with Gasteiger partial charge in [0.15, 0.2) is 0 Å². The van der Waals surface area contributed by atoms with E-state index in [9.17, 15) is 9.59 Å². The number of nitrogens with one attached hydrogen (secondary N) is 2. The van der Waals surface area contributed by atoms with Gasteiger partial charge in [0.05, 0.1) is 6.54 Å². The zero-order valence-electron chi connectivity index (χ0n) is 18.7. The van der Waals surface area contributed by atoms with Gasteiger partial charge in [-0.1, -0.05) is 53.0 Å². The van der Waals surface area contributed by atoms with Crippen molar-refractivity contribution in [2.75, 3.05) is 6.54 Å². The number of halogens is 3. The summed E-state index contributed by atoms with van der Waals surface area (Å²) in [5, 5.41) is 5.93. The van der Waals surface area contributed by atoms with Crippen molar-refractivity contribution in [1.29, 1.82) is 0 Å². The number of hydrogen-bond donors (Lipinski definition) is 2. The first-order chi connectivity index (χ1) is 15.7. The van der Waals surface area contributed by atoms with Crippen LogP contribution in [0.15, 0.2) is 53.6 Å². The molecule has 0 bridgehead atoms. The second kappa shape index (κ2) is 11.1. The summed E-state index contributed by atoms with van der Waals surface area (Å²) in [6.07, 6.45) is 2.57. The summed E-state index contributed by atoms with van der Waals surface area (Å²) in [7, 11) is 0. The van der Waals surface area contributed by atoms with Crippen LogP contribution in [-0.2, 0) is 22.6 Å². The molecule has 2 heterocycles. The first kappa shape index (κ1) is 25.2. The minimum absolute atomic E-state index is 0.153. The molecule has 0 saturated carbocycles. The van der Waals surface area contributed by atoms with Crippen LogP contribution in [0.5, 0.6) is 0 Å². The molecule has 4 rings (SSSR count). The molecule has 2 aromatic carbocycles. The number of aromatic nitrogens is 1. The lowest BCUT2D eigenvalue weighted by molar-refractivity contribution is -0.137. The predicted molar refractivity (Wildman–Crippen MR) is 136 cm³/mol. The van der Waals surface area contributed by atoms with Gasteiger partial charge in [0, 0.05) is 45.1 Å². The Morgan fingerprint density at radius 1 is 1.12 bits per heavy atom. The number of carbonyl (C=O) groups excluding carboxylic acids is 2. The lowest BCUT2D eigenvalue weighted by Crippen LogP contribution is -2.44. The number of amides is 2. The summed E-state index contributed by atoms with van der Waals surface area (Å²) in [6.45, 7) is 6.18. The van der Waals surface area contributed by atoms with E-state index in [1.165, 1.54) is 12.5 Å². The van der Waals surface area contributed by atoms with E-state index < -0.39 is 6.04 Å². The molecule has 1 aromatic heterocycles. The fraction of sp³-hybridized carbons (Fsp3) is 0.280. The summed E-state index contributed by atoms with van der Waals surface area (Å²) >= 11 is 17.5. The SMILES string of the molecule is C/C=C(\C)Cl.CC(=O)NC(C(=O)N1CCc2c([nH]c3ccc(Cl)cc23)C1)c1cccc(Cl)c1. The molecule has 174 valence electrons. The normalized spacial score (nSPS) is 14.2. The van der Waals surface area contributed by atoms with Crippen molar-refractivity contribution in [3.8, 4) is 0 Å². The highest BCUT2D eigenvalue weighted by atomic mass is 35.5. The standard InChI is InChI=1S/C21H19Cl2N3O2.C4H7Cl/c1-12(27)24-20(13-3-2-4-14(22)9-13)21(28)26-8-7-16-17-10-15(23)5-6-18(17)25-19(16)11-26;1-3-4(2)5/h2-6,9-10,20,25H,7-8,11H2,1H3,(H,24,27);3H,1-2H3/b;4-3+. The lowest BCUT2D eigenvalue weighted by Gasteiger charge is -2.31. The summed E-state index contributed by atoms with van der Waals surface area (Å²) in [5.41, 5.74) is 3.88. The maximum atomic E-state index is 13.3. The predicted octanol–water partition coefficient (Wildman–Crippen LogP) is 6.39. The van der Waals surface area contributed by atoms with Crippen LogP contribution in [0.1, 0.15) is 43.6 Å². The zero-order chi connectivity index (χ0) is 24.1. The number of carbonyl (C=O) groups is 2. The largest absolute Gasteiger partial charge is 0.357 e. The smallest absolute Gasteiger partial charge is 0.250 e. The van der Waals surface area contributed by atoms with E-state index in [0.717, 1.165) is 28.0 Å². The number of hydrogen-bond acceptors (Lipinski definition) is 2. The first-order valence-corrected chi connectivity index (χ1v) is 11.7. The fourth-order valence-electron chi connectivity index (χ4n) is 3.76. The zero-order valence-corrected chi connectivity index (χ0v) is 21.0. The van der Waals surface area contributed by atoms with Crippen molar-refractivity contribution < 1.29 is 9.59 Å². The van der Waals surface area contributed by atoms with E-state index in [4.69, 9.17) is 34.8 Å². The molecular weight excluding hydrogens is 481 g/mol. The summed E-state index contributed by atoms with van der Waals surface area (Å²) < 4.78 is 0. The van der Waals surface area contributed by atoms with Crippen LogP contribution in [0.4, 0.5) is 0 Å². The number of benzene rings is 2. The molecule has 0 saturated heterocycles. The highest BCUT2D eigenvalue weighted by Crippen LogP contribution is 2.31. The Morgan fingerprint density at radius 3 is 2.45 bits per heavy atom. The molecule has 1 unspecified atom stereocenters. The minimum Gasteiger partial charge on any atom is -0.357 e. The number of H-pyrrole nitrogens is 1. The van der Waals surface area contributed by atoms with E-state index >= 15 is 0 Å². The van der Waals surface area contributed by atoms with Gasteiger partial charge < -0.3 is 15.2 Å². The van der Waals surface area contributed by atoms with Crippen molar-refractivity contribution in [3.05, 3.63) is 80.4 Å². The molecule has 1 atom stereocenters. The molecule has 0 fully saturated rings. The second-order valence-electron chi connectivity index (χ2n) is 7.85. The van der Waals surface area contributed by atoms with Crippen molar-refractivity contribution in [1.82, 2.24) is 15.2 Å². The van der Waals surface area contributed by atoms with Crippen LogP contribution in [0.3, 0.4) is 0 Å². The molecule has 2 amide bonds. The van der Waals surface area contributed by atoms with Crippen LogP contribution < -0.4 is 5.32 Å². The maximum absolute atomic E-state index is 13.3. The molecule has 2 N–H and O–H groups in total. The van der Waals surface area contributed by atoms with E-state index in [1.807, 2.05) is 38.1 Å².